The number of nitrogens with zero attached hydrogens (tertiary/aromatic N) is 1. The second-order valence-electron chi connectivity index (χ2n) is 5.94. The minimum atomic E-state index is -0.262. The van der Waals surface area contributed by atoms with Gasteiger partial charge in [0, 0.05) is 19.2 Å². The topological polar surface area (TPSA) is 59.8 Å². The molecule has 1 amide bonds. The van der Waals surface area contributed by atoms with Gasteiger partial charge in [-0.25, -0.2) is 0 Å². The Morgan fingerprint density at radius 3 is 2.55 bits per heavy atom. The van der Waals surface area contributed by atoms with Crippen LogP contribution in [0.2, 0.25) is 0 Å². The van der Waals surface area contributed by atoms with E-state index in [1.807, 2.05) is 26.8 Å². The second kappa shape index (κ2) is 5.57. The fourth-order valence-electron chi connectivity index (χ4n) is 2.88. The summed E-state index contributed by atoms with van der Waals surface area (Å²) in [4.78, 5) is 26.5. The largest absolute Gasteiger partial charge is 0.451 e. The summed E-state index contributed by atoms with van der Waals surface area (Å²) in [5, 5.41) is 0.500. The highest BCUT2D eigenvalue weighted by molar-refractivity contribution is 5.93. The van der Waals surface area contributed by atoms with Gasteiger partial charge in [0.2, 0.25) is 0 Å². The molecule has 2 heterocycles. The number of rotatable bonds is 1. The van der Waals surface area contributed by atoms with Crippen molar-refractivity contribution < 1.29 is 13.9 Å². The van der Waals surface area contributed by atoms with Crippen molar-refractivity contribution in [3.05, 3.63) is 45.8 Å². The lowest BCUT2D eigenvalue weighted by Gasteiger charge is -2.34. The minimum Gasteiger partial charge on any atom is -0.451 e. The molecule has 22 heavy (non-hydrogen) atoms. The number of amides is 1. The third-order valence-electron chi connectivity index (χ3n) is 3.80. The van der Waals surface area contributed by atoms with E-state index in [9.17, 15) is 9.59 Å². The quantitative estimate of drug-likeness (QED) is 0.811. The van der Waals surface area contributed by atoms with Gasteiger partial charge in [-0.3, -0.25) is 9.59 Å². The molecule has 1 fully saturated rings. The van der Waals surface area contributed by atoms with Gasteiger partial charge in [-0.05, 0) is 32.9 Å². The van der Waals surface area contributed by atoms with Crippen LogP contribution in [0.3, 0.4) is 0 Å². The van der Waals surface area contributed by atoms with Crippen molar-refractivity contribution in [2.24, 2.45) is 0 Å². The molecule has 5 heteroatoms. The summed E-state index contributed by atoms with van der Waals surface area (Å²) in [7, 11) is 0. The number of benzene rings is 1. The summed E-state index contributed by atoms with van der Waals surface area (Å²) in [6, 6.07) is 6.65. The Morgan fingerprint density at radius 2 is 1.86 bits per heavy atom. The van der Waals surface area contributed by atoms with Gasteiger partial charge in [-0.15, -0.1) is 0 Å². The Hall–Kier alpha value is -2.14. The van der Waals surface area contributed by atoms with Gasteiger partial charge in [-0.1, -0.05) is 11.6 Å². The Kier molecular flexibility index (Phi) is 3.74. The Bertz CT molecular complexity index is 770. The number of ether oxygens (including phenoxy) is 1. The summed E-state index contributed by atoms with van der Waals surface area (Å²) in [5.74, 6) is -0.177. The highest BCUT2D eigenvalue weighted by atomic mass is 16.5. The van der Waals surface area contributed by atoms with Gasteiger partial charge in [0.1, 0.15) is 5.58 Å². The summed E-state index contributed by atoms with van der Waals surface area (Å²) < 4.78 is 11.3. The van der Waals surface area contributed by atoms with E-state index >= 15 is 0 Å². The zero-order valence-corrected chi connectivity index (χ0v) is 13.0. The molecule has 1 aromatic heterocycles. The lowest BCUT2D eigenvalue weighted by atomic mass is 10.1. The van der Waals surface area contributed by atoms with Crippen LogP contribution < -0.4 is 5.43 Å². The van der Waals surface area contributed by atoms with Crippen LogP contribution in [0.15, 0.2) is 33.5 Å². The first-order valence-electron chi connectivity index (χ1n) is 7.43. The van der Waals surface area contributed by atoms with Crippen molar-refractivity contribution in [2.45, 2.75) is 33.0 Å². The predicted molar refractivity (Wildman–Crippen MR) is 83.1 cm³/mol. The number of carbonyl (C=O) groups is 1. The monoisotopic (exact) mass is 301 g/mol. The smallest absolute Gasteiger partial charge is 0.289 e. The summed E-state index contributed by atoms with van der Waals surface area (Å²) in [5.41, 5.74) is 1.23. The average Bonchev–Trinajstić information content (AvgIpc) is 2.46. The summed E-state index contributed by atoms with van der Waals surface area (Å²) in [6.07, 6.45) is -0.0509. The molecule has 2 atom stereocenters. The van der Waals surface area contributed by atoms with Crippen LogP contribution in [-0.4, -0.2) is 36.1 Å². The lowest BCUT2D eigenvalue weighted by molar-refractivity contribution is -0.0592. The molecule has 0 aliphatic carbocycles. The number of hydrogen-bond donors (Lipinski definition) is 0. The van der Waals surface area contributed by atoms with Gasteiger partial charge in [0.25, 0.3) is 5.91 Å². The maximum absolute atomic E-state index is 12.6. The van der Waals surface area contributed by atoms with Gasteiger partial charge in [0.05, 0.1) is 17.6 Å². The Balaban J connectivity index is 1.97. The minimum absolute atomic E-state index is 0.0254. The third-order valence-corrected chi connectivity index (χ3v) is 3.80. The maximum atomic E-state index is 12.6. The van der Waals surface area contributed by atoms with E-state index in [4.69, 9.17) is 9.15 Å². The van der Waals surface area contributed by atoms with Crippen LogP contribution >= 0.6 is 0 Å². The first-order chi connectivity index (χ1) is 10.4. The van der Waals surface area contributed by atoms with Crippen LogP contribution in [0.25, 0.3) is 11.0 Å². The predicted octanol–water partition coefficient (Wildman–Crippen LogP) is 2.35. The molecule has 1 aromatic carbocycles. The van der Waals surface area contributed by atoms with E-state index in [1.54, 1.807) is 17.0 Å². The van der Waals surface area contributed by atoms with E-state index in [-0.39, 0.29) is 29.3 Å². The highest BCUT2D eigenvalue weighted by Crippen LogP contribution is 2.18. The van der Waals surface area contributed by atoms with Crippen LogP contribution in [0.1, 0.15) is 30.0 Å². The zero-order valence-electron chi connectivity index (χ0n) is 13.0. The van der Waals surface area contributed by atoms with Crippen molar-refractivity contribution in [1.82, 2.24) is 4.90 Å². The molecule has 1 saturated heterocycles. The van der Waals surface area contributed by atoms with Crippen molar-refractivity contribution in [3.63, 3.8) is 0 Å². The molecular weight excluding hydrogens is 282 g/mol. The molecule has 0 bridgehead atoms. The highest BCUT2D eigenvalue weighted by Gasteiger charge is 2.28. The van der Waals surface area contributed by atoms with Gasteiger partial charge in [-0.2, -0.15) is 0 Å². The first kappa shape index (κ1) is 14.8. The van der Waals surface area contributed by atoms with E-state index in [0.29, 0.717) is 24.1 Å². The van der Waals surface area contributed by atoms with Crippen LogP contribution in [-0.2, 0) is 4.74 Å². The SMILES string of the molecule is Cc1ccc2oc(C(=O)N3C[C@@H](C)O[C@@H](C)C3)cc(=O)c2c1. The van der Waals surface area contributed by atoms with Crippen molar-refractivity contribution in [2.75, 3.05) is 13.1 Å². The van der Waals surface area contributed by atoms with E-state index < -0.39 is 0 Å². The fourth-order valence-corrected chi connectivity index (χ4v) is 2.88. The van der Waals surface area contributed by atoms with Crippen molar-refractivity contribution in [3.8, 4) is 0 Å². The molecule has 0 radical (unpaired) electrons. The molecule has 0 N–H and O–H groups in total. The molecule has 116 valence electrons. The Labute approximate surface area is 128 Å². The van der Waals surface area contributed by atoms with Crippen LogP contribution in [0, 0.1) is 6.92 Å². The third kappa shape index (κ3) is 2.76. The summed E-state index contributed by atoms with van der Waals surface area (Å²) >= 11 is 0. The maximum Gasteiger partial charge on any atom is 0.289 e. The zero-order chi connectivity index (χ0) is 15.9. The molecule has 0 spiro atoms. The molecule has 3 rings (SSSR count). The number of aryl methyl sites for hydroxylation is 1. The molecule has 1 aliphatic heterocycles. The number of fused-ring (bicyclic) bond motifs is 1. The Morgan fingerprint density at radius 1 is 1.18 bits per heavy atom. The van der Waals surface area contributed by atoms with Crippen LogP contribution in [0.5, 0.6) is 0 Å². The second-order valence-corrected chi connectivity index (χ2v) is 5.94. The molecule has 0 saturated carbocycles. The van der Waals surface area contributed by atoms with E-state index in [1.165, 1.54) is 6.07 Å². The molecule has 0 unspecified atom stereocenters. The molecular formula is C17H19NO4. The van der Waals surface area contributed by atoms with Gasteiger partial charge < -0.3 is 14.1 Å². The van der Waals surface area contributed by atoms with Crippen molar-refractivity contribution >= 4 is 16.9 Å². The van der Waals surface area contributed by atoms with E-state index in [0.717, 1.165) is 5.56 Å². The lowest BCUT2D eigenvalue weighted by Crippen LogP contribution is -2.48. The van der Waals surface area contributed by atoms with E-state index in [2.05, 4.69) is 0 Å². The summed E-state index contributed by atoms with van der Waals surface area (Å²) in [6.45, 7) is 6.76. The average molecular weight is 301 g/mol. The van der Waals surface area contributed by atoms with Gasteiger partial charge >= 0.3 is 0 Å². The number of hydrogen-bond acceptors (Lipinski definition) is 4. The van der Waals surface area contributed by atoms with Crippen LogP contribution in [0.4, 0.5) is 0 Å². The van der Waals surface area contributed by atoms with Gasteiger partial charge in [0.15, 0.2) is 11.2 Å². The standard InChI is InChI=1S/C17H19NO4/c1-10-4-5-15-13(6-10)14(19)7-16(22-15)17(20)18-8-11(2)21-12(3)9-18/h4-7,11-12H,8-9H2,1-3H3/t11-,12+. The molecule has 1 aliphatic rings. The van der Waals surface area contributed by atoms with Crippen molar-refractivity contribution in [1.29, 1.82) is 0 Å². The normalized spacial score (nSPS) is 22.0. The molecule has 5 nitrogen and oxygen atoms in total. The number of carbonyl (C=O) groups excluding carboxylic acids is 1. The molecule has 2 aromatic rings. The number of morpholine rings is 1. The fraction of sp³-hybridized carbons (Fsp3) is 0.412. The first-order valence-corrected chi connectivity index (χ1v) is 7.43.